The van der Waals surface area contributed by atoms with Crippen LogP contribution in [0.2, 0.25) is 0 Å². The first-order valence-corrected chi connectivity index (χ1v) is 7.95. The van der Waals surface area contributed by atoms with E-state index in [1.165, 1.54) is 25.2 Å². The Morgan fingerprint density at radius 1 is 1.43 bits per heavy atom. The lowest BCUT2D eigenvalue weighted by Crippen LogP contribution is -2.48. The van der Waals surface area contributed by atoms with Gasteiger partial charge in [0.15, 0.2) is 0 Å². The van der Waals surface area contributed by atoms with Gasteiger partial charge in [-0.25, -0.2) is 4.39 Å². The first-order valence-electron chi connectivity index (χ1n) is 6.55. The molecule has 21 heavy (non-hydrogen) atoms. The number of carboxylic acid groups (broad SMARTS) is 1. The molecule has 0 saturated carbocycles. The molecule has 0 spiro atoms. The van der Waals surface area contributed by atoms with E-state index in [4.69, 9.17) is 5.11 Å². The Balaban J connectivity index is 2.25. The van der Waals surface area contributed by atoms with Crippen LogP contribution in [0.15, 0.2) is 24.3 Å². The zero-order valence-electron chi connectivity index (χ0n) is 11.6. The van der Waals surface area contributed by atoms with Crippen LogP contribution in [-0.2, 0) is 15.0 Å². The molecule has 1 aliphatic rings. The molecule has 1 unspecified atom stereocenters. The maximum Gasteiger partial charge on any atom is 0.307 e. The largest absolute Gasteiger partial charge is 0.481 e. The summed E-state index contributed by atoms with van der Waals surface area (Å²) in [6, 6.07) is 5.56. The molecule has 0 aromatic heterocycles. The molecule has 1 N–H and O–H groups in total. The number of carboxylic acids is 1. The molecule has 1 atom stereocenters. The average Bonchev–Trinajstić information content (AvgIpc) is 2.47. The van der Waals surface area contributed by atoms with Crippen LogP contribution in [0, 0.1) is 11.7 Å². The van der Waals surface area contributed by atoms with E-state index in [2.05, 4.69) is 0 Å². The Hall–Kier alpha value is -1.67. The molecular formula is C13H17FN2O4S. The van der Waals surface area contributed by atoms with E-state index in [1.54, 1.807) is 6.07 Å². The molecule has 8 heteroatoms. The van der Waals surface area contributed by atoms with Gasteiger partial charge in [0.25, 0.3) is 0 Å². The van der Waals surface area contributed by atoms with E-state index in [0.717, 1.165) is 8.61 Å². The van der Waals surface area contributed by atoms with E-state index in [1.807, 2.05) is 0 Å². The van der Waals surface area contributed by atoms with Crippen molar-refractivity contribution >= 4 is 21.9 Å². The quantitative estimate of drug-likeness (QED) is 0.908. The van der Waals surface area contributed by atoms with Crippen molar-refractivity contribution in [1.82, 2.24) is 4.31 Å². The number of aliphatic carboxylic acids is 1. The standard InChI is InChI=1S/C13H17FN2O4S/c1-15(12-7-3-2-6-11(12)14)21(19,20)16-8-4-5-10(9-16)13(17)18/h2-3,6-7,10H,4-5,8-9H2,1H3,(H,17,18). The molecule has 1 aromatic carbocycles. The topological polar surface area (TPSA) is 77.9 Å². The van der Waals surface area contributed by atoms with Gasteiger partial charge in [-0.2, -0.15) is 12.7 Å². The Morgan fingerprint density at radius 3 is 2.71 bits per heavy atom. The third-order valence-electron chi connectivity index (χ3n) is 3.60. The summed E-state index contributed by atoms with van der Waals surface area (Å²) in [5.74, 6) is -2.37. The summed E-state index contributed by atoms with van der Waals surface area (Å²) in [7, 11) is -2.68. The molecule has 1 heterocycles. The van der Waals surface area contributed by atoms with Crippen LogP contribution in [0.25, 0.3) is 0 Å². The van der Waals surface area contributed by atoms with Gasteiger partial charge in [0.2, 0.25) is 0 Å². The van der Waals surface area contributed by atoms with Crippen molar-refractivity contribution < 1.29 is 22.7 Å². The highest BCUT2D eigenvalue weighted by Crippen LogP contribution is 2.25. The van der Waals surface area contributed by atoms with E-state index in [0.29, 0.717) is 12.8 Å². The number of hydrogen-bond acceptors (Lipinski definition) is 3. The molecule has 116 valence electrons. The third kappa shape index (κ3) is 3.16. The van der Waals surface area contributed by atoms with Gasteiger partial charge < -0.3 is 5.11 Å². The number of piperidine rings is 1. The van der Waals surface area contributed by atoms with Gasteiger partial charge in [0, 0.05) is 20.1 Å². The summed E-state index contributed by atoms with van der Waals surface area (Å²) in [6.07, 6.45) is 0.923. The number of rotatable bonds is 4. The van der Waals surface area contributed by atoms with Crippen LogP contribution < -0.4 is 4.31 Å². The highest BCUT2D eigenvalue weighted by molar-refractivity contribution is 7.90. The van der Waals surface area contributed by atoms with Crippen LogP contribution in [-0.4, -0.2) is 43.9 Å². The van der Waals surface area contributed by atoms with Gasteiger partial charge in [-0.05, 0) is 25.0 Å². The molecule has 1 saturated heterocycles. The second kappa shape index (κ2) is 5.98. The highest BCUT2D eigenvalue weighted by atomic mass is 32.2. The Labute approximate surface area is 123 Å². The second-order valence-electron chi connectivity index (χ2n) is 4.96. The molecule has 6 nitrogen and oxygen atoms in total. The average molecular weight is 316 g/mol. The SMILES string of the molecule is CN(c1ccccc1F)S(=O)(=O)N1CCCC(C(=O)O)C1. The molecule has 0 radical (unpaired) electrons. The number of para-hydroxylation sites is 1. The van der Waals surface area contributed by atoms with E-state index in [9.17, 15) is 17.6 Å². The minimum absolute atomic E-state index is 0.0602. The minimum atomic E-state index is -3.94. The molecular weight excluding hydrogens is 299 g/mol. The first kappa shape index (κ1) is 15.7. The zero-order chi connectivity index (χ0) is 15.6. The van der Waals surface area contributed by atoms with Crippen LogP contribution in [0.4, 0.5) is 10.1 Å². The summed E-state index contributed by atoms with van der Waals surface area (Å²) in [5.41, 5.74) is -0.0602. The van der Waals surface area contributed by atoms with Crippen molar-refractivity contribution in [3.63, 3.8) is 0 Å². The van der Waals surface area contributed by atoms with Gasteiger partial charge in [-0.1, -0.05) is 12.1 Å². The molecule has 2 rings (SSSR count). The van der Waals surface area contributed by atoms with E-state index >= 15 is 0 Å². The van der Waals surface area contributed by atoms with Crippen LogP contribution in [0.1, 0.15) is 12.8 Å². The molecule has 0 amide bonds. The second-order valence-corrected chi connectivity index (χ2v) is 6.92. The first-order chi connectivity index (χ1) is 9.84. The lowest BCUT2D eigenvalue weighted by atomic mass is 10.0. The normalized spacial score (nSPS) is 20.2. The molecule has 0 bridgehead atoms. The van der Waals surface area contributed by atoms with E-state index < -0.39 is 27.9 Å². The lowest BCUT2D eigenvalue weighted by Gasteiger charge is -2.33. The zero-order valence-corrected chi connectivity index (χ0v) is 12.4. The van der Waals surface area contributed by atoms with Crippen molar-refractivity contribution in [2.45, 2.75) is 12.8 Å². The number of hydrogen-bond donors (Lipinski definition) is 1. The Bertz CT molecular complexity index is 635. The van der Waals surface area contributed by atoms with Crippen molar-refractivity contribution in [3.05, 3.63) is 30.1 Å². The minimum Gasteiger partial charge on any atom is -0.481 e. The van der Waals surface area contributed by atoms with Gasteiger partial charge >= 0.3 is 16.2 Å². The maximum absolute atomic E-state index is 13.7. The van der Waals surface area contributed by atoms with Gasteiger partial charge in [-0.15, -0.1) is 0 Å². The summed E-state index contributed by atoms with van der Waals surface area (Å²) in [4.78, 5) is 11.0. The van der Waals surface area contributed by atoms with E-state index in [-0.39, 0.29) is 18.8 Å². The smallest absolute Gasteiger partial charge is 0.307 e. The summed E-state index contributed by atoms with van der Waals surface area (Å²) < 4.78 is 40.7. The van der Waals surface area contributed by atoms with Crippen LogP contribution >= 0.6 is 0 Å². The van der Waals surface area contributed by atoms with Crippen molar-refractivity contribution in [1.29, 1.82) is 0 Å². The summed E-state index contributed by atoms with van der Waals surface area (Å²) in [5, 5.41) is 9.03. The molecule has 0 aliphatic carbocycles. The lowest BCUT2D eigenvalue weighted by molar-refractivity contribution is -0.142. The Morgan fingerprint density at radius 2 is 2.10 bits per heavy atom. The fraction of sp³-hybridized carbons (Fsp3) is 0.462. The van der Waals surface area contributed by atoms with Gasteiger partial charge in [-0.3, -0.25) is 9.10 Å². The predicted molar refractivity (Wildman–Crippen MR) is 75.7 cm³/mol. The number of carbonyl (C=O) groups is 1. The van der Waals surface area contributed by atoms with Crippen LogP contribution in [0.3, 0.4) is 0 Å². The highest BCUT2D eigenvalue weighted by Gasteiger charge is 2.35. The van der Waals surface area contributed by atoms with Crippen LogP contribution in [0.5, 0.6) is 0 Å². The summed E-state index contributed by atoms with van der Waals surface area (Å²) in [6.45, 7) is 0.154. The fourth-order valence-corrected chi connectivity index (χ4v) is 3.83. The van der Waals surface area contributed by atoms with Crippen molar-refractivity contribution in [2.75, 3.05) is 24.4 Å². The predicted octanol–water partition coefficient (Wildman–Crippen LogP) is 1.30. The van der Waals surface area contributed by atoms with Crippen molar-refractivity contribution in [2.24, 2.45) is 5.92 Å². The number of anilines is 1. The monoisotopic (exact) mass is 316 g/mol. The maximum atomic E-state index is 13.7. The van der Waals surface area contributed by atoms with Gasteiger partial charge in [0.05, 0.1) is 11.6 Å². The Kier molecular flexibility index (Phi) is 4.48. The number of nitrogens with zero attached hydrogens (tertiary/aromatic N) is 2. The number of halogens is 1. The molecule has 1 aromatic rings. The van der Waals surface area contributed by atoms with Crippen molar-refractivity contribution in [3.8, 4) is 0 Å². The van der Waals surface area contributed by atoms with Gasteiger partial charge in [0.1, 0.15) is 5.82 Å². The molecule has 1 aliphatic heterocycles. The third-order valence-corrected chi connectivity index (χ3v) is 5.47. The number of benzene rings is 1. The summed E-state index contributed by atoms with van der Waals surface area (Å²) >= 11 is 0. The fourth-order valence-electron chi connectivity index (χ4n) is 2.36. The molecule has 1 fully saturated rings.